The molecule has 0 aliphatic carbocycles. The molecular formula is C10H14N4Se. The van der Waals surface area contributed by atoms with Crippen LogP contribution >= 0.6 is 0 Å². The normalized spacial score (nSPS) is 10.9. The Kier molecular flexibility index (Phi) is 2.67. The molecule has 0 fully saturated rings. The topological polar surface area (TPSA) is 35.6 Å². The van der Waals surface area contributed by atoms with Crippen LogP contribution in [-0.4, -0.2) is 33.0 Å². The quantitative estimate of drug-likeness (QED) is 0.769. The number of rotatable bonds is 2. The molecular weight excluding hydrogens is 255 g/mol. The molecule has 0 bridgehead atoms. The number of hydrogen-bond donors (Lipinski definition) is 0. The van der Waals surface area contributed by atoms with Crippen molar-refractivity contribution in [1.82, 2.24) is 17.6 Å². The molecule has 0 unspecified atom stereocenters. The van der Waals surface area contributed by atoms with Crippen LogP contribution in [0.5, 0.6) is 0 Å². The van der Waals surface area contributed by atoms with Gasteiger partial charge in [-0.1, -0.05) is 0 Å². The molecule has 4 nitrogen and oxygen atoms in total. The van der Waals surface area contributed by atoms with Crippen molar-refractivity contribution in [1.29, 1.82) is 0 Å². The van der Waals surface area contributed by atoms with Crippen molar-refractivity contribution in [2.75, 3.05) is 0 Å². The first-order valence-electron chi connectivity index (χ1n) is 4.81. The van der Waals surface area contributed by atoms with E-state index in [1.807, 2.05) is 21.2 Å². The molecule has 0 aromatic carbocycles. The predicted octanol–water partition coefficient (Wildman–Crippen LogP) is 1.24. The van der Waals surface area contributed by atoms with Gasteiger partial charge in [-0.15, -0.1) is 0 Å². The Morgan fingerprint density at radius 3 is 1.53 bits per heavy atom. The van der Waals surface area contributed by atoms with E-state index < -0.39 is 0 Å². The molecule has 80 valence electrons. The van der Waals surface area contributed by atoms with Crippen molar-refractivity contribution >= 4 is 15.4 Å². The van der Waals surface area contributed by atoms with Crippen LogP contribution in [-0.2, 0) is 0 Å². The van der Waals surface area contributed by atoms with Gasteiger partial charge in [0.15, 0.2) is 0 Å². The van der Waals surface area contributed by atoms with Crippen molar-refractivity contribution in [2.24, 2.45) is 0 Å². The maximum absolute atomic E-state index is 4.44. The summed E-state index contributed by atoms with van der Waals surface area (Å²) >= 11 is 0.0939. The zero-order valence-electron chi connectivity index (χ0n) is 9.35. The summed E-state index contributed by atoms with van der Waals surface area (Å²) in [7, 11) is 0. The third kappa shape index (κ3) is 2.13. The average Bonchev–Trinajstić information content (AvgIpc) is 2.58. The van der Waals surface area contributed by atoms with E-state index in [0.29, 0.717) is 0 Å². The molecule has 0 spiro atoms. The summed E-state index contributed by atoms with van der Waals surface area (Å²) in [6.45, 7) is 8.18. The standard InChI is InChI=1S/C10H14N4Se/c1-7-5-9(3)13(11-7)15-14-10(4)6-8(2)12-14/h5-6H,1-4H3. The van der Waals surface area contributed by atoms with E-state index in [2.05, 4.69) is 36.2 Å². The molecule has 0 radical (unpaired) electrons. The zero-order valence-corrected chi connectivity index (χ0v) is 11.1. The summed E-state index contributed by atoms with van der Waals surface area (Å²) in [5.41, 5.74) is 4.52. The minimum atomic E-state index is 0.0939. The molecule has 2 rings (SSSR count). The summed E-state index contributed by atoms with van der Waals surface area (Å²) < 4.78 is 4.06. The Morgan fingerprint density at radius 1 is 0.867 bits per heavy atom. The van der Waals surface area contributed by atoms with Gasteiger partial charge in [-0.25, -0.2) is 0 Å². The van der Waals surface area contributed by atoms with Gasteiger partial charge in [-0.05, 0) is 0 Å². The van der Waals surface area contributed by atoms with E-state index in [1.54, 1.807) is 0 Å². The van der Waals surface area contributed by atoms with E-state index in [-0.39, 0.29) is 15.4 Å². The predicted molar refractivity (Wildman–Crippen MR) is 60.0 cm³/mol. The Balaban J connectivity index is 2.29. The fraction of sp³-hybridized carbons (Fsp3) is 0.400. The van der Waals surface area contributed by atoms with Gasteiger partial charge in [0, 0.05) is 0 Å². The van der Waals surface area contributed by atoms with Crippen LogP contribution in [0.25, 0.3) is 0 Å². The van der Waals surface area contributed by atoms with Gasteiger partial charge in [-0.2, -0.15) is 0 Å². The van der Waals surface area contributed by atoms with Crippen LogP contribution in [0.3, 0.4) is 0 Å². The van der Waals surface area contributed by atoms with Gasteiger partial charge >= 0.3 is 95.6 Å². The minimum absolute atomic E-state index is 0.0939. The van der Waals surface area contributed by atoms with Gasteiger partial charge < -0.3 is 0 Å². The monoisotopic (exact) mass is 270 g/mol. The van der Waals surface area contributed by atoms with Crippen molar-refractivity contribution in [2.45, 2.75) is 27.7 Å². The number of aryl methyl sites for hydroxylation is 4. The summed E-state index contributed by atoms with van der Waals surface area (Å²) in [6, 6.07) is 4.18. The van der Waals surface area contributed by atoms with Crippen LogP contribution < -0.4 is 0 Å². The third-order valence-corrected chi connectivity index (χ3v) is 4.29. The summed E-state index contributed by atoms with van der Waals surface area (Å²) in [5, 5.41) is 8.88. The van der Waals surface area contributed by atoms with E-state index >= 15 is 0 Å². The number of nitrogens with zero attached hydrogens (tertiary/aromatic N) is 4. The molecule has 15 heavy (non-hydrogen) atoms. The molecule has 0 amide bonds. The third-order valence-electron chi connectivity index (χ3n) is 2.09. The first-order valence-corrected chi connectivity index (χ1v) is 6.35. The summed E-state index contributed by atoms with van der Waals surface area (Å²) in [5.74, 6) is 0. The number of hydrogen-bond acceptors (Lipinski definition) is 2. The van der Waals surface area contributed by atoms with Crippen LogP contribution in [0.15, 0.2) is 12.1 Å². The fourth-order valence-electron chi connectivity index (χ4n) is 1.46. The molecule has 5 heteroatoms. The van der Waals surface area contributed by atoms with Gasteiger partial charge in [0.25, 0.3) is 0 Å². The fourth-order valence-corrected chi connectivity index (χ4v) is 3.22. The molecule has 0 saturated heterocycles. The Hall–Kier alpha value is -1.06. The summed E-state index contributed by atoms with van der Waals surface area (Å²) in [6.07, 6.45) is 0. The van der Waals surface area contributed by atoms with Crippen molar-refractivity contribution in [3.8, 4) is 0 Å². The molecule has 0 aliphatic rings. The first kappa shape index (κ1) is 10.5. The molecule has 2 aromatic rings. The summed E-state index contributed by atoms with van der Waals surface area (Å²) in [4.78, 5) is 0. The van der Waals surface area contributed by atoms with Crippen molar-refractivity contribution in [3.63, 3.8) is 0 Å². The van der Waals surface area contributed by atoms with E-state index in [1.165, 1.54) is 11.4 Å². The molecule has 2 heterocycles. The average molecular weight is 269 g/mol. The second-order valence-electron chi connectivity index (χ2n) is 3.68. The van der Waals surface area contributed by atoms with E-state index in [4.69, 9.17) is 0 Å². The molecule has 0 atom stereocenters. The van der Waals surface area contributed by atoms with Crippen molar-refractivity contribution < 1.29 is 0 Å². The SMILES string of the molecule is Cc1cc(C)n([Se]n2nc(C)cc2C)n1. The van der Waals surface area contributed by atoms with Gasteiger partial charge in [0.05, 0.1) is 0 Å². The molecule has 0 N–H and O–H groups in total. The first-order chi connectivity index (χ1) is 7.06. The number of aromatic nitrogens is 4. The van der Waals surface area contributed by atoms with Gasteiger partial charge in [0.2, 0.25) is 0 Å². The molecule has 2 aromatic heterocycles. The Labute approximate surface area is 95.9 Å². The van der Waals surface area contributed by atoms with Crippen LogP contribution in [0.1, 0.15) is 22.8 Å². The molecule has 0 aliphatic heterocycles. The van der Waals surface area contributed by atoms with E-state index in [9.17, 15) is 0 Å². The molecule has 0 saturated carbocycles. The maximum atomic E-state index is 4.44. The van der Waals surface area contributed by atoms with Crippen LogP contribution in [0.4, 0.5) is 0 Å². The zero-order chi connectivity index (χ0) is 11.0. The Bertz CT molecular complexity index is 439. The van der Waals surface area contributed by atoms with E-state index in [0.717, 1.165) is 11.4 Å². The van der Waals surface area contributed by atoms with Gasteiger partial charge in [0.1, 0.15) is 0 Å². The van der Waals surface area contributed by atoms with Gasteiger partial charge in [-0.3, -0.25) is 0 Å². The van der Waals surface area contributed by atoms with Crippen LogP contribution in [0, 0.1) is 27.7 Å². The van der Waals surface area contributed by atoms with Crippen molar-refractivity contribution in [3.05, 3.63) is 34.9 Å². The second kappa shape index (κ2) is 3.83. The van der Waals surface area contributed by atoms with Crippen LogP contribution in [0.2, 0.25) is 0 Å². The Morgan fingerprint density at radius 2 is 1.27 bits per heavy atom. The second-order valence-corrected chi connectivity index (χ2v) is 5.48.